The average molecular weight is 153 g/mol. The lowest BCUT2D eigenvalue weighted by Crippen LogP contribution is -1.97. The van der Waals surface area contributed by atoms with E-state index in [2.05, 4.69) is 15.9 Å². The summed E-state index contributed by atoms with van der Waals surface area (Å²) in [4.78, 5) is 0. The second-order valence-electron chi connectivity index (χ2n) is 1.78. The van der Waals surface area contributed by atoms with Crippen LogP contribution in [0.2, 0.25) is 0 Å². The van der Waals surface area contributed by atoms with Gasteiger partial charge in [-0.2, -0.15) is 0 Å². The average Bonchev–Trinajstić information content (AvgIpc) is 2.22. The SMILES string of the molecule is FC1(CBr)CC1. The number of halogens is 2. The van der Waals surface area contributed by atoms with Crippen LogP contribution in [0, 0.1) is 0 Å². The van der Waals surface area contributed by atoms with Gasteiger partial charge in [-0.15, -0.1) is 0 Å². The molecular formula is C4H6BrF. The zero-order valence-electron chi connectivity index (χ0n) is 3.38. The highest BCUT2D eigenvalue weighted by molar-refractivity contribution is 9.09. The van der Waals surface area contributed by atoms with Crippen molar-refractivity contribution in [1.29, 1.82) is 0 Å². The lowest BCUT2D eigenvalue weighted by molar-refractivity contribution is 0.348. The van der Waals surface area contributed by atoms with Gasteiger partial charge >= 0.3 is 0 Å². The molecule has 6 heavy (non-hydrogen) atoms. The second kappa shape index (κ2) is 1.19. The van der Waals surface area contributed by atoms with Crippen LogP contribution in [-0.2, 0) is 0 Å². The van der Waals surface area contributed by atoms with Gasteiger partial charge in [0.25, 0.3) is 0 Å². The fraction of sp³-hybridized carbons (Fsp3) is 1.00. The van der Waals surface area contributed by atoms with Crippen LogP contribution in [0.5, 0.6) is 0 Å². The third kappa shape index (κ3) is 0.725. The summed E-state index contributed by atoms with van der Waals surface area (Å²) in [6.07, 6.45) is 1.52. The van der Waals surface area contributed by atoms with Gasteiger partial charge in [-0.25, -0.2) is 4.39 Å². The van der Waals surface area contributed by atoms with E-state index in [1.54, 1.807) is 0 Å². The molecule has 0 saturated heterocycles. The van der Waals surface area contributed by atoms with E-state index >= 15 is 0 Å². The van der Waals surface area contributed by atoms with Crippen molar-refractivity contribution < 1.29 is 4.39 Å². The van der Waals surface area contributed by atoms with Crippen LogP contribution in [-0.4, -0.2) is 11.0 Å². The maximum Gasteiger partial charge on any atom is 0.120 e. The van der Waals surface area contributed by atoms with Crippen LogP contribution in [0.4, 0.5) is 4.39 Å². The van der Waals surface area contributed by atoms with E-state index in [-0.39, 0.29) is 0 Å². The molecule has 0 spiro atoms. The first-order chi connectivity index (χ1) is 2.77. The highest BCUT2D eigenvalue weighted by Gasteiger charge is 2.41. The summed E-state index contributed by atoms with van der Waals surface area (Å²) in [6.45, 7) is 0. The molecule has 0 amide bonds. The monoisotopic (exact) mass is 152 g/mol. The predicted octanol–water partition coefficient (Wildman–Crippen LogP) is 1.88. The first kappa shape index (κ1) is 4.57. The van der Waals surface area contributed by atoms with Crippen LogP contribution in [0.25, 0.3) is 0 Å². The highest BCUT2D eigenvalue weighted by Crippen LogP contribution is 2.40. The van der Waals surface area contributed by atoms with Gasteiger partial charge in [0.15, 0.2) is 0 Å². The van der Waals surface area contributed by atoms with Crippen LogP contribution in [0.15, 0.2) is 0 Å². The molecule has 1 saturated carbocycles. The van der Waals surface area contributed by atoms with Crippen molar-refractivity contribution in [2.45, 2.75) is 18.5 Å². The summed E-state index contributed by atoms with van der Waals surface area (Å²) in [5.74, 6) is 0. The largest absolute Gasteiger partial charge is 0.243 e. The Morgan fingerprint density at radius 1 is 1.67 bits per heavy atom. The maximum atomic E-state index is 12.2. The van der Waals surface area contributed by atoms with Gasteiger partial charge < -0.3 is 0 Å². The molecule has 1 fully saturated rings. The summed E-state index contributed by atoms with van der Waals surface area (Å²) in [5, 5.41) is 0.528. The minimum atomic E-state index is -0.792. The first-order valence-corrected chi connectivity index (χ1v) is 3.14. The minimum absolute atomic E-state index is 0.528. The Morgan fingerprint density at radius 3 is 2.17 bits per heavy atom. The van der Waals surface area contributed by atoms with E-state index in [0.717, 1.165) is 12.8 Å². The van der Waals surface area contributed by atoms with Gasteiger partial charge in [0.1, 0.15) is 5.67 Å². The Labute approximate surface area is 44.9 Å². The lowest BCUT2D eigenvalue weighted by atomic mass is 10.5. The van der Waals surface area contributed by atoms with Crippen LogP contribution in [0.1, 0.15) is 12.8 Å². The molecule has 2 heteroatoms. The Bertz CT molecular complexity index is 58.6. The van der Waals surface area contributed by atoms with E-state index in [0.29, 0.717) is 5.33 Å². The van der Waals surface area contributed by atoms with Crippen molar-refractivity contribution in [1.82, 2.24) is 0 Å². The summed E-state index contributed by atoms with van der Waals surface area (Å²) in [7, 11) is 0. The van der Waals surface area contributed by atoms with Crippen molar-refractivity contribution in [3.8, 4) is 0 Å². The van der Waals surface area contributed by atoms with Crippen molar-refractivity contribution in [3.63, 3.8) is 0 Å². The van der Waals surface area contributed by atoms with Crippen molar-refractivity contribution >= 4 is 15.9 Å². The summed E-state index contributed by atoms with van der Waals surface area (Å²) >= 11 is 3.06. The number of rotatable bonds is 1. The number of hydrogen-bond acceptors (Lipinski definition) is 0. The van der Waals surface area contributed by atoms with Crippen molar-refractivity contribution in [2.75, 3.05) is 5.33 Å². The lowest BCUT2D eigenvalue weighted by Gasteiger charge is -1.90. The Morgan fingerprint density at radius 2 is 2.17 bits per heavy atom. The Hall–Kier alpha value is 0.410. The standard InChI is InChI=1S/C4H6BrF/c5-3-4(6)1-2-4/h1-3H2. The molecule has 1 aliphatic rings. The molecule has 0 aromatic rings. The molecule has 0 radical (unpaired) electrons. The fourth-order valence-corrected chi connectivity index (χ4v) is 0.830. The van der Waals surface area contributed by atoms with Crippen LogP contribution < -0.4 is 0 Å². The molecule has 1 rings (SSSR count). The van der Waals surface area contributed by atoms with E-state index in [9.17, 15) is 4.39 Å². The summed E-state index contributed by atoms with van der Waals surface area (Å²) in [6, 6.07) is 0. The third-order valence-corrected chi connectivity index (χ3v) is 2.04. The van der Waals surface area contributed by atoms with Crippen molar-refractivity contribution in [3.05, 3.63) is 0 Å². The van der Waals surface area contributed by atoms with Gasteiger partial charge in [0, 0.05) is 5.33 Å². The molecule has 0 heterocycles. The predicted molar refractivity (Wildman–Crippen MR) is 26.9 cm³/mol. The van der Waals surface area contributed by atoms with E-state index < -0.39 is 5.67 Å². The molecule has 0 N–H and O–H groups in total. The van der Waals surface area contributed by atoms with E-state index in [4.69, 9.17) is 0 Å². The molecule has 0 atom stereocenters. The van der Waals surface area contributed by atoms with Gasteiger partial charge in [-0.05, 0) is 12.8 Å². The molecule has 0 aromatic heterocycles. The Kier molecular flexibility index (Phi) is 0.904. The molecule has 0 unspecified atom stereocenters. The van der Waals surface area contributed by atoms with Gasteiger partial charge in [0.2, 0.25) is 0 Å². The fourth-order valence-electron chi connectivity index (χ4n) is 0.269. The molecule has 0 nitrogen and oxygen atoms in total. The van der Waals surface area contributed by atoms with Crippen LogP contribution >= 0.6 is 15.9 Å². The van der Waals surface area contributed by atoms with E-state index in [1.165, 1.54) is 0 Å². The zero-order chi connectivity index (χ0) is 4.62. The van der Waals surface area contributed by atoms with Gasteiger partial charge in [-0.3, -0.25) is 0 Å². The highest BCUT2D eigenvalue weighted by atomic mass is 79.9. The number of hydrogen-bond donors (Lipinski definition) is 0. The van der Waals surface area contributed by atoms with Crippen molar-refractivity contribution in [2.24, 2.45) is 0 Å². The summed E-state index contributed by atoms with van der Waals surface area (Å²) < 4.78 is 12.2. The van der Waals surface area contributed by atoms with Gasteiger partial charge in [0.05, 0.1) is 0 Å². The Balaban J connectivity index is 2.28. The quantitative estimate of drug-likeness (QED) is 0.504. The first-order valence-electron chi connectivity index (χ1n) is 2.02. The smallest absolute Gasteiger partial charge is 0.120 e. The molecule has 0 aromatic carbocycles. The summed E-state index contributed by atoms with van der Waals surface area (Å²) in [5.41, 5.74) is -0.792. The topological polar surface area (TPSA) is 0 Å². The van der Waals surface area contributed by atoms with Crippen LogP contribution in [0.3, 0.4) is 0 Å². The third-order valence-electron chi connectivity index (χ3n) is 1.03. The number of alkyl halides is 2. The minimum Gasteiger partial charge on any atom is -0.243 e. The zero-order valence-corrected chi connectivity index (χ0v) is 4.96. The molecule has 0 bridgehead atoms. The second-order valence-corrected chi connectivity index (χ2v) is 2.35. The normalized spacial score (nSPS) is 27.0. The van der Waals surface area contributed by atoms with E-state index in [1.807, 2.05) is 0 Å². The van der Waals surface area contributed by atoms with Gasteiger partial charge in [-0.1, -0.05) is 15.9 Å². The molecular weight excluding hydrogens is 147 g/mol. The molecule has 36 valence electrons. The molecule has 1 aliphatic carbocycles. The molecule has 0 aliphatic heterocycles. The maximum absolute atomic E-state index is 12.2.